The number of Topliss-reactive ketones (excluding diaryl/α,β-unsaturated/α-hetero) is 1. The molecular formula is C10H11NO5. The Kier molecular flexibility index (Phi) is 4.26. The third-order valence-electron chi connectivity index (χ3n) is 1.70. The maximum Gasteiger partial charge on any atom is 0.294 e. The zero-order chi connectivity index (χ0) is 12.0. The van der Waals surface area contributed by atoms with Gasteiger partial charge in [0.1, 0.15) is 19.0 Å². The predicted molar refractivity (Wildman–Crippen MR) is 54.4 cm³/mol. The number of ketones is 1. The van der Waals surface area contributed by atoms with Crippen molar-refractivity contribution in [3.05, 3.63) is 39.9 Å². The molecule has 6 heteroatoms. The van der Waals surface area contributed by atoms with Crippen molar-refractivity contribution in [2.45, 2.75) is 13.5 Å². The first-order valence-electron chi connectivity index (χ1n) is 4.56. The number of ether oxygens (including phenoxy) is 1. The summed E-state index contributed by atoms with van der Waals surface area (Å²) >= 11 is 0. The van der Waals surface area contributed by atoms with E-state index in [0.29, 0.717) is 11.3 Å². The third kappa shape index (κ3) is 4.41. The smallest absolute Gasteiger partial charge is 0.294 e. The van der Waals surface area contributed by atoms with E-state index in [2.05, 4.69) is 4.84 Å². The van der Waals surface area contributed by atoms with Crippen LogP contribution in [0.2, 0.25) is 0 Å². The fraction of sp³-hybridized carbons (Fsp3) is 0.300. The Labute approximate surface area is 91.9 Å². The molecule has 16 heavy (non-hydrogen) atoms. The Morgan fingerprint density at radius 1 is 1.38 bits per heavy atom. The van der Waals surface area contributed by atoms with Crippen molar-refractivity contribution < 1.29 is 19.5 Å². The maximum atomic E-state index is 10.6. The number of hydrogen-bond acceptors (Lipinski definition) is 5. The largest absolute Gasteiger partial charge is 0.486 e. The van der Waals surface area contributed by atoms with Crippen molar-refractivity contribution in [2.75, 3.05) is 6.61 Å². The van der Waals surface area contributed by atoms with Crippen molar-refractivity contribution in [1.82, 2.24) is 0 Å². The van der Waals surface area contributed by atoms with E-state index in [1.807, 2.05) is 0 Å². The molecule has 0 bridgehead atoms. The van der Waals surface area contributed by atoms with Gasteiger partial charge in [0, 0.05) is 0 Å². The summed E-state index contributed by atoms with van der Waals surface area (Å²) < 4.78 is 5.12. The highest BCUT2D eigenvalue weighted by molar-refractivity contribution is 5.77. The Bertz CT molecular complexity index is 336. The highest BCUT2D eigenvalue weighted by atomic mass is 16.9. The molecule has 6 nitrogen and oxygen atoms in total. The van der Waals surface area contributed by atoms with Gasteiger partial charge in [0.05, 0.1) is 0 Å². The highest BCUT2D eigenvalue weighted by Crippen LogP contribution is 2.12. The van der Waals surface area contributed by atoms with Gasteiger partial charge in [-0.25, -0.2) is 0 Å². The van der Waals surface area contributed by atoms with E-state index in [9.17, 15) is 14.9 Å². The number of hydrogen-bond donors (Lipinski definition) is 0. The number of carbonyl (C=O) groups excluding carboxylic acids is 1. The average Bonchev–Trinajstić information content (AvgIpc) is 2.25. The van der Waals surface area contributed by atoms with Gasteiger partial charge in [-0.1, -0.05) is 12.1 Å². The molecule has 0 radical (unpaired) electrons. The summed E-state index contributed by atoms with van der Waals surface area (Å²) in [4.78, 5) is 24.8. The van der Waals surface area contributed by atoms with Gasteiger partial charge in [0.25, 0.3) is 5.09 Å². The van der Waals surface area contributed by atoms with E-state index in [4.69, 9.17) is 4.74 Å². The molecule has 0 spiro atoms. The lowest BCUT2D eigenvalue weighted by molar-refractivity contribution is -0.763. The molecule has 1 rings (SSSR count). The molecule has 1 aromatic carbocycles. The summed E-state index contributed by atoms with van der Waals surface area (Å²) in [6, 6.07) is 6.53. The first-order valence-corrected chi connectivity index (χ1v) is 4.56. The molecule has 0 aliphatic rings. The van der Waals surface area contributed by atoms with Crippen LogP contribution in [-0.2, 0) is 16.2 Å². The van der Waals surface area contributed by atoms with Crippen LogP contribution in [0.5, 0.6) is 5.75 Å². The summed E-state index contributed by atoms with van der Waals surface area (Å²) in [5, 5.41) is 9.09. The second-order valence-electron chi connectivity index (χ2n) is 3.13. The van der Waals surface area contributed by atoms with Crippen molar-refractivity contribution in [2.24, 2.45) is 0 Å². The monoisotopic (exact) mass is 225 g/mol. The van der Waals surface area contributed by atoms with Crippen LogP contribution in [0.4, 0.5) is 0 Å². The molecule has 0 N–H and O–H groups in total. The number of rotatable bonds is 6. The quantitative estimate of drug-likeness (QED) is 0.539. The van der Waals surface area contributed by atoms with Crippen LogP contribution in [0.1, 0.15) is 12.5 Å². The minimum absolute atomic E-state index is 0.0186. The van der Waals surface area contributed by atoms with Crippen LogP contribution < -0.4 is 4.74 Å². The number of carbonyl (C=O) groups is 1. The molecule has 0 fully saturated rings. The van der Waals surface area contributed by atoms with Crippen molar-refractivity contribution >= 4 is 5.78 Å². The van der Waals surface area contributed by atoms with Gasteiger partial charge in [0.15, 0.2) is 5.78 Å². The fourth-order valence-corrected chi connectivity index (χ4v) is 0.994. The van der Waals surface area contributed by atoms with Gasteiger partial charge in [-0.3, -0.25) is 4.79 Å². The predicted octanol–water partition coefficient (Wildman–Crippen LogP) is 1.36. The molecule has 0 atom stereocenters. The molecule has 1 aromatic rings. The van der Waals surface area contributed by atoms with Crippen molar-refractivity contribution in [1.29, 1.82) is 0 Å². The molecule has 0 unspecified atom stereocenters. The second-order valence-corrected chi connectivity index (χ2v) is 3.13. The lowest BCUT2D eigenvalue weighted by Crippen LogP contribution is -2.06. The first kappa shape index (κ1) is 12.0. The molecule has 0 aliphatic heterocycles. The Hall–Kier alpha value is -2.11. The summed E-state index contributed by atoms with van der Waals surface area (Å²) in [5.41, 5.74) is 0.659. The fourth-order valence-electron chi connectivity index (χ4n) is 0.994. The van der Waals surface area contributed by atoms with E-state index in [1.54, 1.807) is 24.3 Å². The van der Waals surface area contributed by atoms with E-state index < -0.39 is 5.09 Å². The Balaban J connectivity index is 2.47. The summed E-state index contributed by atoms with van der Waals surface area (Å²) in [5.74, 6) is 0.473. The van der Waals surface area contributed by atoms with E-state index in [-0.39, 0.29) is 19.0 Å². The standard InChI is InChI=1S/C10H11NO5/c1-8(12)6-15-10-4-2-9(3-5-10)7-16-11(13)14/h2-5H,6-7H2,1H3. The van der Waals surface area contributed by atoms with Gasteiger partial charge in [-0.05, 0) is 24.6 Å². The normalized spacial score (nSPS) is 9.56. The molecule has 86 valence electrons. The molecular weight excluding hydrogens is 214 g/mol. The average molecular weight is 225 g/mol. The second kappa shape index (κ2) is 5.69. The number of benzene rings is 1. The van der Waals surface area contributed by atoms with Gasteiger partial charge in [0.2, 0.25) is 0 Å². The summed E-state index contributed by atoms with van der Waals surface area (Å²) in [7, 11) is 0. The lowest BCUT2D eigenvalue weighted by atomic mass is 10.2. The molecule has 0 aliphatic carbocycles. The number of nitrogens with zero attached hydrogens (tertiary/aromatic N) is 1. The van der Waals surface area contributed by atoms with E-state index in [1.165, 1.54) is 6.92 Å². The zero-order valence-electron chi connectivity index (χ0n) is 8.71. The SMILES string of the molecule is CC(=O)COc1ccc(CO[N+](=O)[O-])cc1. The van der Waals surface area contributed by atoms with Crippen LogP contribution in [0, 0.1) is 10.1 Å². The molecule has 0 saturated heterocycles. The van der Waals surface area contributed by atoms with Crippen molar-refractivity contribution in [3.8, 4) is 5.75 Å². The lowest BCUT2D eigenvalue weighted by Gasteiger charge is -2.04. The minimum Gasteiger partial charge on any atom is -0.486 e. The molecule has 0 amide bonds. The molecule has 0 heterocycles. The minimum atomic E-state index is -0.847. The van der Waals surface area contributed by atoms with Gasteiger partial charge in [-0.2, -0.15) is 0 Å². The Morgan fingerprint density at radius 3 is 2.50 bits per heavy atom. The topological polar surface area (TPSA) is 78.7 Å². The van der Waals surface area contributed by atoms with Crippen LogP contribution in [-0.4, -0.2) is 17.5 Å². The maximum absolute atomic E-state index is 10.6. The van der Waals surface area contributed by atoms with Crippen LogP contribution in [0.15, 0.2) is 24.3 Å². The van der Waals surface area contributed by atoms with Gasteiger partial charge < -0.3 is 9.57 Å². The summed E-state index contributed by atoms with van der Waals surface area (Å²) in [6.45, 7) is 1.35. The van der Waals surface area contributed by atoms with Crippen LogP contribution in [0.25, 0.3) is 0 Å². The summed E-state index contributed by atoms with van der Waals surface area (Å²) in [6.07, 6.45) is 0. The Morgan fingerprint density at radius 2 is 2.00 bits per heavy atom. The van der Waals surface area contributed by atoms with Gasteiger partial charge >= 0.3 is 0 Å². The third-order valence-corrected chi connectivity index (χ3v) is 1.70. The molecule has 0 saturated carbocycles. The first-order chi connectivity index (χ1) is 7.58. The van der Waals surface area contributed by atoms with E-state index in [0.717, 1.165) is 0 Å². The zero-order valence-corrected chi connectivity index (χ0v) is 8.71. The highest BCUT2D eigenvalue weighted by Gasteiger charge is 2.00. The van der Waals surface area contributed by atoms with Crippen LogP contribution >= 0.6 is 0 Å². The van der Waals surface area contributed by atoms with Crippen LogP contribution in [0.3, 0.4) is 0 Å². The van der Waals surface area contributed by atoms with Crippen molar-refractivity contribution in [3.63, 3.8) is 0 Å². The van der Waals surface area contributed by atoms with Gasteiger partial charge in [-0.15, -0.1) is 10.1 Å². The van der Waals surface area contributed by atoms with E-state index >= 15 is 0 Å². The molecule has 0 aromatic heterocycles.